The highest BCUT2D eigenvalue weighted by atomic mass is 32.2. The Kier molecular flexibility index (Phi) is 14.7. The number of hydrogen-bond acceptors (Lipinski definition) is 13. The molecule has 3 aliphatic rings. The summed E-state index contributed by atoms with van der Waals surface area (Å²) in [5, 5.41) is 9.96. The van der Waals surface area contributed by atoms with Gasteiger partial charge in [0.25, 0.3) is 0 Å². The molecule has 57 heavy (non-hydrogen) atoms. The molecule has 1 aliphatic carbocycles. The maximum atomic E-state index is 12.8. The van der Waals surface area contributed by atoms with Crippen LogP contribution in [0.1, 0.15) is 112 Å². The number of aromatic nitrogens is 4. The smallest absolute Gasteiger partial charge is 0.244 e. The van der Waals surface area contributed by atoms with Crippen molar-refractivity contribution in [3.05, 3.63) is 53.8 Å². The Morgan fingerprint density at radius 3 is 2.16 bits per heavy atom. The number of aryl methyl sites for hydroxylation is 1. The van der Waals surface area contributed by atoms with Gasteiger partial charge in [-0.3, -0.25) is 13.8 Å². The number of nitrogens with one attached hydrogen (secondary N) is 3. The van der Waals surface area contributed by atoms with E-state index in [2.05, 4.69) is 27.8 Å². The van der Waals surface area contributed by atoms with Crippen LogP contribution in [-0.4, -0.2) is 94.6 Å². The Balaban J connectivity index is 0.812. The molecule has 308 valence electrons. The molecular weight excluding hydrogens is 745 g/mol. The number of ether oxygens (including phenoxy) is 3. The van der Waals surface area contributed by atoms with Gasteiger partial charge in [-0.2, -0.15) is 4.98 Å². The topological polar surface area (TPSA) is 170 Å². The zero-order valence-corrected chi connectivity index (χ0v) is 34.7. The Hall–Kier alpha value is -4.79. The Labute approximate surface area is 338 Å². The van der Waals surface area contributed by atoms with E-state index >= 15 is 0 Å². The average Bonchev–Trinajstić information content (AvgIpc) is 3.61. The first-order valence-corrected chi connectivity index (χ1v) is 21.7. The number of carbonyl (C=O) groups is 2. The van der Waals surface area contributed by atoms with E-state index in [4.69, 9.17) is 34.1 Å². The van der Waals surface area contributed by atoms with Crippen molar-refractivity contribution in [2.75, 3.05) is 68.8 Å². The number of ketones is 1. The minimum Gasteiger partial charge on any atom is -0.493 e. The van der Waals surface area contributed by atoms with E-state index in [1.807, 2.05) is 12.4 Å². The first kappa shape index (κ1) is 41.8. The molecule has 4 heterocycles. The van der Waals surface area contributed by atoms with E-state index in [0.717, 1.165) is 124 Å². The van der Waals surface area contributed by atoms with E-state index < -0.39 is 10.8 Å². The van der Waals surface area contributed by atoms with Gasteiger partial charge in [0.15, 0.2) is 17.3 Å². The fourth-order valence-electron chi connectivity index (χ4n) is 7.61. The van der Waals surface area contributed by atoms with Crippen molar-refractivity contribution in [1.82, 2.24) is 25.3 Å². The Morgan fingerprint density at radius 2 is 1.54 bits per heavy atom. The van der Waals surface area contributed by atoms with Crippen LogP contribution in [0.25, 0.3) is 0 Å². The van der Waals surface area contributed by atoms with Crippen LogP contribution in [0.15, 0.2) is 41.6 Å². The highest BCUT2D eigenvalue weighted by Crippen LogP contribution is 2.40. The van der Waals surface area contributed by atoms with Crippen LogP contribution in [0.5, 0.6) is 17.2 Å². The van der Waals surface area contributed by atoms with Crippen molar-refractivity contribution >= 4 is 39.9 Å². The first-order chi connectivity index (χ1) is 27.7. The van der Waals surface area contributed by atoms with Crippen LogP contribution in [0.3, 0.4) is 0 Å². The van der Waals surface area contributed by atoms with Gasteiger partial charge in [-0.25, -0.2) is 15.0 Å². The third kappa shape index (κ3) is 11.0. The molecule has 2 fully saturated rings. The molecule has 2 aliphatic heterocycles. The summed E-state index contributed by atoms with van der Waals surface area (Å²) >= 11 is 0. The number of fused-ring (bicyclic) bond motifs is 1. The van der Waals surface area contributed by atoms with Crippen molar-refractivity contribution in [2.24, 2.45) is 0 Å². The fraction of sp³-hybridized carbons (Fsp3) is 0.571. The summed E-state index contributed by atoms with van der Waals surface area (Å²) in [6.07, 6.45) is 20.0. The summed E-state index contributed by atoms with van der Waals surface area (Å²) in [6.45, 7) is 5.35. The van der Waals surface area contributed by atoms with Crippen LogP contribution < -0.4 is 35.1 Å². The Morgan fingerprint density at radius 1 is 0.895 bits per heavy atom. The molecule has 14 nitrogen and oxygen atoms in total. The number of benzene rings is 1. The van der Waals surface area contributed by atoms with Gasteiger partial charge in [0.1, 0.15) is 16.5 Å². The molecule has 0 spiro atoms. The third-order valence-electron chi connectivity index (χ3n) is 11.2. The summed E-state index contributed by atoms with van der Waals surface area (Å²) in [5.74, 6) is 3.86. The maximum absolute atomic E-state index is 12.8. The van der Waals surface area contributed by atoms with E-state index in [1.54, 1.807) is 12.1 Å². The first-order valence-electron chi connectivity index (χ1n) is 20.4. The predicted molar refractivity (Wildman–Crippen MR) is 222 cm³/mol. The normalized spacial score (nSPS) is 17.5. The number of nitrogens with zero attached hydrogens (tertiary/aromatic N) is 5. The molecule has 1 amide bonds. The highest BCUT2D eigenvalue weighted by Gasteiger charge is 2.36. The molecule has 0 radical (unpaired) electrons. The molecule has 0 bridgehead atoms. The van der Waals surface area contributed by atoms with Gasteiger partial charge in [-0.15, -0.1) is 0 Å². The molecule has 1 atom stereocenters. The molecular formula is C42H58N8O6S. The summed E-state index contributed by atoms with van der Waals surface area (Å²) in [7, 11) is 3.43. The number of amides is 1. The van der Waals surface area contributed by atoms with Gasteiger partial charge in [-0.1, -0.05) is 32.1 Å². The highest BCUT2D eigenvalue weighted by molar-refractivity contribution is 7.85. The molecule has 0 unspecified atom stereocenters. The van der Waals surface area contributed by atoms with Gasteiger partial charge in [-0.05, 0) is 70.1 Å². The molecule has 2 aromatic heterocycles. The number of methoxy groups -OCH3 is 3. The molecule has 15 heteroatoms. The molecule has 3 aromatic rings. The minimum absolute atomic E-state index is 0.0295. The average molecular weight is 803 g/mol. The second-order valence-electron chi connectivity index (χ2n) is 15.4. The number of piperidine rings is 1. The maximum Gasteiger partial charge on any atom is 0.244 e. The van der Waals surface area contributed by atoms with Crippen molar-refractivity contribution in [1.29, 1.82) is 0 Å². The number of hydrogen-bond donors (Lipinski definition) is 3. The van der Waals surface area contributed by atoms with Gasteiger partial charge >= 0.3 is 0 Å². The van der Waals surface area contributed by atoms with E-state index in [-0.39, 0.29) is 17.2 Å². The lowest BCUT2D eigenvalue weighted by Crippen LogP contribution is -2.42. The van der Waals surface area contributed by atoms with Crippen LogP contribution >= 0.6 is 0 Å². The van der Waals surface area contributed by atoms with Gasteiger partial charge in [0, 0.05) is 61.4 Å². The van der Waals surface area contributed by atoms with E-state index in [9.17, 15) is 13.8 Å². The van der Waals surface area contributed by atoms with Crippen LogP contribution in [0.4, 0.5) is 17.5 Å². The minimum atomic E-state index is -1.03. The zero-order valence-electron chi connectivity index (χ0n) is 33.9. The number of unbranched alkanes of at least 4 members (excludes halogenated alkanes) is 6. The number of anilines is 3. The van der Waals surface area contributed by atoms with E-state index in [0.29, 0.717) is 41.0 Å². The predicted octanol–water partition coefficient (Wildman–Crippen LogP) is 6.39. The molecule has 6 rings (SSSR count). The van der Waals surface area contributed by atoms with Gasteiger partial charge in [0.2, 0.25) is 17.6 Å². The summed E-state index contributed by atoms with van der Waals surface area (Å²) in [5.41, 5.74) is 2.25. The van der Waals surface area contributed by atoms with Gasteiger partial charge in [0.05, 0.1) is 55.9 Å². The van der Waals surface area contributed by atoms with Crippen LogP contribution in [0.2, 0.25) is 0 Å². The molecule has 1 saturated heterocycles. The van der Waals surface area contributed by atoms with Crippen molar-refractivity contribution in [2.45, 2.75) is 107 Å². The number of carbonyl (C=O) groups excluding carboxylic acids is 2. The molecule has 1 aromatic carbocycles. The summed E-state index contributed by atoms with van der Waals surface area (Å²) < 4.78 is 28.7. The van der Waals surface area contributed by atoms with Crippen LogP contribution in [0, 0.1) is 0 Å². The lowest BCUT2D eigenvalue weighted by molar-refractivity contribution is -0.116. The third-order valence-corrected chi connectivity index (χ3v) is 12.6. The Bertz CT molecular complexity index is 1870. The second kappa shape index (κ2) is 20.1. The van der Waals surface area contributed by atoms with Crippen molar-refractivity contribution < 1.29 is 28.0 Å². The quantitative estimate of drug-likeness (QED) is 0.0616. The SMILES string of the molecule is COc1cc(C(=O)/C=C/C(=O)NCCCCCCCCCNc2cnc(C3CCN(c4nc5c(c(NC6(C)CCC6)n4)[S@](=O)CC5)CC3)nc2)cc(OC)c1OC. The van der Waals surface area contributed by atoms with Crippen molar-refractivity contribution in [3.63, 3.8) is 0 Å². The van der Waals surface area contributed by atoms with Crippen molar-refractivity contribution in [3.8, 4) is 17.2 Å². The number of rotatable bonds is 21. The standard InChI is InChI=1S/C42H58N8O6S/c1-42(18-12-19-42)49-40-38-32(17-24-57(38)53)47-41(48-40)50-22-15-29(16-23-50)39-45-27-31(28-46-39)43-20-10-8-6-5-7-9-11-21-44-36(52)14-13-33(51)30-25-34(54-2)37(56-4)35(26-30)55-3/h13-14,25-29,43H,5-12,15-24H2,1-4H3,(H,44,52)(H,47,48,49)/b14-13+/t57-/m1/s1. The molecule has 1 saturated carbocycles. The fourth-order valence-corrected chi connectivity index (χ4v) is 8.92. The zero-order chi connectivity index (χ0) is 40.2. The lowest BCUT2D eigenvalue weighted by atomic mass is 9.78. The lowest BCUT2D eigenvalue weighted by Gasteiger charge is -2.40. The molecule has 3 N–H and O–H groups in total. The van der Waals surface area contributed by atoms with E-state index in [1.165, 1.54) is 46.3 Å². The van der Waals surface area contributed by atoms with Gasteiger partial charge < -0.3 is 35.1 Å². The second-order valence-corrected chi connectivity index (χ2v) is 16.9. The summed E-state index contributed by atoms with van der Waals surface area (Å²) in [4.78, 5) is 47.2. The number of allylic oxidation sites excluding steroid dienone is 1. The largest absolute Gasteiger partial charge is 0.493 e. The van der Waals surface area contributed by atoms with Crippen LogP contribution in [-0.2, 0) is 22.0 Å². The summed E-state index contributed by atoms with van der Waals surface area (Å²) in [6, 6.07) is 3.12. The monoisotopic (exact) mass is 802 g/mol.